The van der Waals surface area contributed by atoms with Gasteiger partial charge in [-0.15, -0.1) is 0 Å². The summed E-state index contributed by atoms with van der Waals surface area (Å²) in [5.41, 5.74) is 1.31. The van der Waals surface area contributed by atoms with Crippen LogP contribution in [0, 0.1) is 0 Å². The highest BCUT2D eigenvalue weighted by Gasteiger charge is 2.55. The number of hydrogen-bond acceptors (Lipinski definition) is 8. The van der Waals surface area contributed by atoms with E-state index in [0.29, 0.717) is 56.2 Å². The molecule has 0 unspecified atom stereocenters. The molecule has 0 aliphatic heterocycles. The Labute approximate surface area is 193 Å². The average molecular weight is 481 g/mol. The minimum absolute atomic E-state index is 0.411. The van der Waals surface area contributed by atoms with Crippen molar-refractivity contribution in [3.05, 3.63) is 36.7 Å². The van der Waals surface area contributed by atoms with E-state index in [1.54, 1.807) is 12.4 Å². The summed E-state index contributed by atoms with van der Waals surface area (Å²) in [4.78, 5) is 9.25. The van der Waals surface area contributed by atoms with Crippen LogP contribution >= 0.6 is 0 Å². The van der Waals surface area contributed by atoms with E-state index < -0.39 is 17.6 Å². The summed E-state index contributed by atoms with van der Waals surface area (Å²) < 4.78 is 37.7. The van der Waals surface area contributed by atoms with Gasteiger partial charge in [0.2, 0.25) is 0 Å². The van der Waals surface area contributed by atoms with Gasteiger partial charge in [-0.25, -0.2) is 0 Å². The predicted octanol–water partition coefficient (Wildman–Crippen LogP) is 2.65. The van der Waals surface area contributed by atoms with Crippen LogP contribution in [-0.4, -0.2) is 67.2 Å². The molecular formula is C22H36N2O6Si2. The van der Waals surface area contributed by atoms with Crippen molar-refractivity contribution in [1.29, 1.82) is 0 Å². The van der Waals surface area contributed by atoms with Gasteiger partial charge in [0.25, 0.3) is 0 Å². The average Bonchev–Trinajstić information content (AvgIpc) is 2.80. The zero-order chi connectivity index (χ0) is 23.5. The lowest BCUT2D eigenvalue weighted by Gasteiger charge is -2.35. The molecule has 8 nitrogen and oxygen atoms in total. The number of rotatable bonds is 15. The summed E-state index contributed by atoms with van der Waals surface area (Å²) >= 11 is 0. The second-order valence-electron chi connectivity index (χ2n) is 6.51. The molecule has 2 aromatic rings. The topological polar surface area (TPSA) is 81.2 Å². The smallest absolute Gasteiger partial charge is 0.370 e. The van der Waals surface area contributed by atoms with E-state index in [0.717, 1.165) is 5.19 Å². The van der Waals surface area contributed by atoms with Gasteiger partial charge in [0.05, 0.1) is 16.6 Å². The second kappa shape index (κ2) is 13.3. The summed E-state index contributed by atoms with van der Waals surface area (Å²) in [5.74, 6) is 0. The predicted molar refractivity (Wildman–Crippen MR) is 128 cm³/mol. The van der Waals surface area contributed by atoms with Crippen LogP contribution in [0.3, 0.4) is 0 Å². The normalized spacial score (nSPS) is 12.3. The number of hydrogen-bond donors (Lipinski definition) is 0. The van der Waals surface area contributed by atoms with Crippen LogP contribution in [0.5, 0.6) is 0 Å². The van der Waals surface area contributed by atoms with E-state index in [4.69, 9.17) is 31.5 Å². The molecule has 178 valence electrons. The highest BCUT2D eigenvalue weighted by atomic mass is 28.4. The van der Waals surface area contributed by atoms with Crippen molar-refractivity contribution in [1.82, 2.24) is 9.97 Å². The molecule has 0 saturated carbocycles. The maximum absolute atomic E-state index is 6.31. The standard InChI is InChI=1S/C22H36N2O6Si2/c1-7-25-31(26-8-2,27-9-3)20-16-18-24-21(19-15-13-14-17-23-19)22(20)32(28-10-4,29-11-5)30-12-6/h13-18H,7-12H2,1-6H3. The van der Waals surface area contributed by atoms with E-state index in [1.807, 2.05) is 65.8 Å². The lowest BCUT2D eigenvalue weighted by atomic mass is 10.2. The van der Waals surface area contributed by atoms with Crippen LogP contribution < -0.4 is 10.4 Å². The lowest BCUT2D eigenvalue weighted by molar-refractivity contribution is 0.0806. The molecule has 0 amide bonds. The molecule has 0 aliphatic rings. The molecule has 0 aliphatic carbocycles. The van der Waals surface area contributed by atoms with Gasteiger partial charge in [0, 0.05) is 57.2 Å². The van der Waals surface area contributed by atoms with Crippen LogP contribution in [-0.2, 0) is 26.6 Å². The Bertz CT molecular complexity index is 778. The number of aromatic nitrogens is 2. The van der Waals surface area contributed by atoms with Crippen molar-refractivity contribution in [3.8, 4) is 11.4 Å². The van der Waals surface area contributed by atoms with Crippen LogP contribution in [0.4, 0.5) is 0 Å². The van der Waals surface area contributed by atoms with Crippen LogP contribution in [0.25, 0.3) is 11.4 Å². The third-order valence-electron chi connectivity index (χ3n) is 4.50. The van der Waals surface area contributed by atoms with E-state index in [1.165, 1.54) is 0 Å². The molecule has 2 heterocycles. The lowest BCUT2D eigenvalue weighted by Crippen LogP contribution is -2.70. The third kappa shape index (κ3) is 5.89. The summed E-state index contributed by atoms with van der Waals surface area (Å²) in [6, 6.07) is 7.58. The van der Waals surface area contributed by atoms with Gasteiger partial charge in [-0.3, -0.25) is 9.97 Å². The molecule has 0 N–H and O–H groups in total. The highest BCUT2D eigenvalue weighted by molar-refractivity contribution is 6.87. The number of nitrogens with zero attached hydrogens (tertiary/aromatic N) is 2. The molecule has 2 aromatic heterocycles. The molecule has 0 saturated heterocycles. The minimum Gasteiger partial charge on any atom is -0.370 e. The van der Waals surface area contributed by atoms with E-state index >= 15 is 0 Å². The van der Waals surface area contributed by atoms with Crippen molar-refractivity contribution in [2.24, 2.45) is 0 Å². The zero-order valence-electron chi connectivity index (χ0n) is 20.1. The first-order valence-corrected chi connectivity index (χ1v) is 14.8. The first-order chi connectivity index (χ1) is 15.6. The number of pyridine rings is 2. The molecule has 0 bridgehead atoms. The second-order valence-corrected chi connectivity index (χ2v) is 11.5. The van der Waals surface area contributed by atoms with Gasteiger partial charge < -0.3 is 26.6 Å². The Morgan fingerprint density at radius 2 is 1.09 bits per heavy atom. The molecule has 0 radical (unpaired) electrons. The molecule has 0 aromatic carbocycles. The molecule has 2 rings (SSSR count). The Morgan fingerprint density at radius 3 is 1.53 bits per heavy atom. The van der Waals surface area contributed by atoms with Crippen molar-refractivity contribution in [2.45, 2.75) is 41.5 Å². The minimum atomic E-state index is -3.45. The zero-order valence-corrected chi connectivity index (χ0v) is 22.1. The Hall–Kier alpha value is -1.51. The quantitative estimate of drug-likeness (QED) is 0.360. The molecule has 32 heavy (non-hydrogen) atoms. The van der Waals surface area contributed by atoms with Crippen molar-refractivity contribution in [3.63, 3.8) is 0 Å². The highest BCUT2D eigenvalue weighted by Crippen LogP contribution is 2.21. The van der Waals surface area contributed by atoms with E-state index in [2.05, 4.69) is 4.98 Å². The van der Waals surface area contributed by atoms with Crippen LogP contribution in [0.15, 0.2) is 36.7 Å². The molecular weight excluding hydrogens is 444 g/mol. The van der Waals surface area contributed by atoms with Crippen LogP contribution in [0.1, 0.15) is 41.5 Å². The van der Waals surface area contributed by atoms with Gasteiger partial charge in [-0.1, -0.05) is 6.07 Å². The SMILES string of the molecule is CCO[Si](OCC)(OCC)c1ccnc(-c2ccccn2)c1[Si](OCC)(OCC)OCC. The largest absolute Gasteiger partial charge is 0.539 e. The van der Waals surface area contributed by atoms with Crippen molar-refractivity contribution in [2.75, 3.05) is 39.6 Å². The van der Waals surface area contributed by atoms with Crippen LogP contribution in [0.2, 0.25) is 0 Å². The maximum atomic E-state index is 6.31. The van der Waals surface area contributed by atoms with Gasteiger partial charge in [0.1, 0.15) is 0 Å². The summed E-state index contributed by atoms with van der Waals surface area (Å²) in [7, 11) is -6.80. The third-order valence-corrected chi connectivity index (χ3v) is 11.0. The fraction of sp³-hybridized carbons (Fsp3) is 0.545. The maximum Gasteiger partial charge on any atom is 0.539 e. The Balaban J connectivity index is 2.96. The van der Waals surface area contributed by atoms with Crippen molar-refractivity contribution >= 4 is 28.0 Å². The summed E-state index contributed by atoms with van der Waals surface area (Å²) in [6.45, 7) is 14.1. The van der Waals surface area contributed by atoms with Gasteiger partial charge in [-0.05, 0) is 59.7 Å². The first kappa shape index (κ1) is 26.7. The van der Waals surface area contributed by atoms with Gasteiger partial charge in [0.15, 0.2) is 0 Å². The Morgan fingerprint density at radius 1 is 0.594 bits per heavy atom. The molecule has 0 spiro atoms. The first-order valence-electron chi connectivity index (χ1n) is 11.3. The fourth-order valence-corrected chi connectivity index (χ4v) is 9.76. The molecule has 10 heteroatoms. The fourth-order valence-electron chi connectivity index (χ4n) is 3.56. The van der Waals surface area contributed by atoms with E-state index in [9.17, 15) is 0 Å². The monoisotopic (exact) mass is 480 g/mol. The summed E-state index contributed by atoms with van der Waals surface area (Å²) in [6.07, 6.45) is 3.46. The van der Waals surface area contributed by atoms with E-state index in [-0.39, 0.29) is 0 Å². The molecule has 0 atom stereocenters. The van der Waals surface area contributed by atoms with Crippen molar-refractivity contribution < 1.29 is 26.6 Å². The van der Waals surface area contributed by atoms with Gasteiger partial charge in [-0.2, -0.15) is 0 Å². The summed E-state index contributed by atoms with van der Waals surface area (Å²) in [5, 5.41) is 1.45. The Kier molecular flexibility index (Phi) is 11.1. The van der Waals surface area contributed by atoms with Gasteiger partial charge >= 0.3 is 17.6 Å². The molecule has 0 fully saturated rings.